The van der Waals surface area contributed by atoms with E-state index < -0.39 is 16.1 Å². The van der Waals surface area contributed by atoms with Crippen molar-refractivity contribution in [3.05, 3.63) is 22.7 Å². The molecule has 118 valence electrons. The van der Waals surface area contributed by atoms with E-state index in [1.54, 1.807) is 20.9 Å². The van der Waals surface area contributed by atoms with Crippen LogP contribution in [0, 0.1) is 6.92 Å². The minimum absolute atomic E-state index is 0.0673. The lowest BCUT2D eigenvalue weighted by Crippen LogP contribution is -2.45. The fourth-order valence-electron chi connectivity index (χ4n) is 1.71. The van der Waals surface area contributed by atoms with Crippen LogP contribution in [0.15, 0.2) is 17.0 Å². The number of hydrogen-bond donors (Lipinski definition) is 2. The van der Waals surface area contributed by atoms with Gasteiger partial charge >= 0.3 is 0 Å². The molecule has 1 amide bonds. The molecule has 0 bridgehead atoms. The van der Waals surface area contributed by atoms with E-state index in [1.165, 1.54) is 24.0 Å². The molecule has 0 aromatic heterocycles. The minimum atomic E-state index is -3.93. The number of carbonyl (C=O) groups is 1. The predicted molar refractivity (Wildman–Crippen MR) is 83.7 cm³/mol. The summed E-state index contributed by atoms with van der Waals surface area (Å²) in [4.78, 5) is 13.2. The summed E-state index contributed by atoms with van der Waals surface area (Å²) in [5.74, 6) is -0.322. The quantitative estimate of drug-likeness (QED) is 0.796. The van der Waals surface area contributed by atoms with Crippen LogP contribution in [0.2, 0.25) is 5.02 Å². The van der Waals surface area contributed by atoms with Gasteiger partial charge in [0.1, 0.15) is 4.90 Å². The highest BCUT2D eigenvalue weighted by Crippen LogP contribution is 2.26. The Balaban J connectivity index is 3.08. The van der Waals surface area contributed by atoms with Gasteiger partial charge in [-0.3, -0.25) is 4.79 Å². The maximum absolute atomic E-state index is 12.3. The largest absolute Gasteiger partial charge is 0.398 e. The second kappa shape index (κ2) is 6.64. The van der Waals surface area contributed by atoms with Gasteiger partial charge in [-0.15, -0.1) is 0 Å². The number of nitrogens with one attached hydrogen (secondary N) is 1. The smallest absolute Gasteiger partial charge is 0.242 e. The molecule has 3 N–H and O–H groups in total. The number of halogens is 1. The first-order valence-corrected chi connectivity index (χ1v) is 8.29. The number of likely N-dealkylation sites (N-methyl/N-ethyl adjacent to an activating group) is 1. The number of sulfonamides is 1. The molecule has 0 saturated carbocycles. The third kappa shape index (κ3) is 4.09. The van der Waals surface area contributed by atoms with Crippen LogP contribution in [0.3, 0.4) is 0 Å². The first-order valence-electron chi connectivity index (χ1n) is 6.43. The molecular weight excluding hydrogens is 314 g/mol. The van der Waals surface area contributed by atoms with E-state index in [-0.39, 0.29) is 15.8 Å². The van der Waals surface area contributed by atoms with Gasteiger partial charge in [-0.1, -0.05) is 11.6 Å². The molecular formula is C13H20ClN3O3S. The van der Waals surface area contributed by atoms with Crippen molar-refractivity contribution >= 4 is 33.2 Å². The second-order valence-electron chi connectivity index (χ2n) is 4.83. The molecule has 0 aliphatic rings. The zero-order chi connectivity index (χ0) is 16.4. The maximum Gasteiger partial charge on any atom is 0.242 e. The van der Waals surface area contributed by atoms with Crippen LogP contribution in [0.1, 0.15) is 19.4 Å². The number of amides is 1. The maximum atomic E-state index is 12.3. The van der Waals surface area contributed by atoms with E-state index in [9.17, 15) is 13.2 Å². The average molecular weight is 334 g/mol. The Bertz CT molecular complexity index is 646. The van der Waals surface area contributed by atoms with Crippen LogP contribution in [-0.2, 0) is 14.8 Å². The molecule has 1 unspecified atom stereocenters. The predicted octanol–water partition coefficient (Wildman–Crippen LogP) is 1.38. The molecule has 6 nitrogen and oxygen atoms in total. The van der Waals surface area contributed by atoms with Gasteiger partial charge in [-0.05, 0) is 38.5 Å². The summed E-state index contributed by atoms with van der Waals surface area (Å²) in [5, 5.41) is 0.0673. The Morgan fingerprint density at radius 2 is 2.05 bits per heavy atom. The van der Waals surface area contributed by atoms with Gasteiger partial charge in [-0.25, -0.2) is 8.42 Å². The lowest BCUT2D eigenvalue weighted by molar-refractivity contribution is -0.131. The zero-order valence-corrected chi connectivity index (χ0v) is 14.0. The van der Waals surface area contributed by atoms with Crippen molar-refractivity contribution in [1.29, 1.82) is 0 Å². The topological polar surface area (TPSA) is 92.5 Å². The van der Waals surface area contributed by atoms with Crippen LogP contribution >= 0.6 is 11.6 Å². The molecule has 8 heteroatoms. The number of benzene rings is 1. The normalized spacial score (nSPS) is 13.0. The molecule has 21 heavy (non-hydrogen) atoms. The fourth-order valence-corrected chi connectivity index (χ4v) is 3.52. The molecule has 0 fully saturated rings. The standard InChI is InChI=1S/C13H20ClN3O3S/c1-5-17(4)13(18)9(3)16-21(19,20)12-7-11(15)8(2)6-10(12)14/h6-7,9,16H,5,15H2,1-4H3. The first-order chi connectivity index (χ1) is 9.60. The molecule has 0 aliphatic heterocycles. The molecule has 0 spiro atoms. The summed E-state index contributed by atoms with van der Waals surface area (Å²) in [6.07, 6.45) is 0. The lowest BCUT2D eigenvalue weighted by atomic mass is 10.2. The molecule has 1 aromatic rings. The third-order valence-electron chi connectivity index (χ3n) is 3.16. The van der Waals surface area contributed by atoms with Crippen molar-refractivity contribution in [2.24, 2.45) is 0 Å². The van der Waals surface area contributed by atoms with Gasteiger partial charge in [0.15, 0.2) is 0 Å². The van der Waals surface area contributed by atoms with Crippen molar-refractivity contribution in [2.45, 2.75) is 31.7 Å². The highest BCUT2D eigenvalue weighted by Gasteiger charge is 2.26. The van der Waals surface area contributed by atoms with Gasteiger partial charge in [-0.2, -0.15) is 4.72 Å². The monoisotopic (exact) mass is 333 g/mol. The SMILES string of the molecule is CCN(C)C(=O)C(C)NS(=O)(=O)c1cc(N)c(C)cc1Cl. The number of anilines is 1. The number of nitrogen functional groups attached to an aromatic ring is 1. The van der Waals surface area contributed by atoms with Gasteiger partial charge in [0.25, 0.3) is 0 Å². The number of hydrogen-bond acceptors (Lipinski definition) is 4. The van der Waals surface area contributed by atoms with E-state index >= 15 is 0 Å². The van der Waals surface area contributed by atoms with Crippen molar-refractivity contribution in [3.8, 4) is 0 Å². The van der Waals surface area contributed by atoms with Crippen LogP contribution < -0.4 is 10.5 Å². The number of rotatable bonds is 5. The van der Waals surface area contributed by atoms with Crippen LogP contribution in [-0.4, -0.2) is 38.9 Å². The average Bonchev–Trinajstić information content (AvgIpc) is 2.40. The van der Waals surface area contributed by atoms with Crippen LogP contribution in [0.5, 0.6) is 0 Å². The Morgan fingerprint density at radius 3 is 2.57 bits per heavy atom. The van der Waals surface area contributed by atoms with Crippen LogP contribution in [0.25, 0.3) is 0 Å². The summed E-state index contributed by atoms with van der Waals surface area (Å²) in [5.41, 5.74) is 6.73. The molecule has 0 saturated heterocycles. The summed E-state index contributed by atoms with van der Waals surface area (Å²) < 4.78 is 27.0. The molecule has 0 aliphatic carbocycles. The molecule has 1 atom stereocenters. The second-order valence-corrected chi connectivity index (χ2v) is 6.92. The van der Waals surface area contributed by atoms with Crippen molar-refractivity contribution in [3.63, 3.8) is 0 Å². The van der Waals surface area contributed by atoms with Gasteiger partial charge < -0.3 is 10.6 Å². The van der Waals surface area contributed by atoms with Gasteiger partial charge in [0.2, 0.25) is 15.9 Å². The summed E-state index contributed by atoms with van der Waals surface area (Å²) in [6, 6.07) is 1.88. The van der Waals surface area contributed by atoms with Crippen LogP contribution in [0.4, 0.5) is 5.69 Å². The fraction of sp³-hybridized carbons (Fsp3) is 0.462. The van der Waals surface area contributed by atoms with E-state index in [2.05, 4.69) is 4.72 Å². The molecule has 1 aromatic carbocycles. The summed E-state index contributed by atoms with van der Waals surface area (Å²) in [6.45, 7) is 5.50. The highest BCUT2D eigenvalue weighted by atomic mass is 35.5. The van der Waals surface area contributed by atoms with Gasteiger partial charge in [0, 0.05) is 19.3 Å². The third-order valence-corrected chi connectivity index (χ3v) is 5.17. The highest BCUT2D eigenvalue weighted by molar-refractivity contribution is 7.89. The van der Waals surface area contributed by atoms with E-state index in [4.69, 9.17) is 17.3 Å². The number of aryl methyl sites for hydroxylation is 1. The van der Waals surface area contributed by atoms with E-state index in [0.29, 0.717) is 17.8 Å². The van der Waals surface area contributed by atoms with Gasteiger partial charge in [0.05, 0.1) is 11.1 Å². The minimum Gasteiger partial charge on any atom is -0.398 e. The number of carbonyl (C=O) groups excluding carboxylic acids is 1. The molecule has 1 rings (SSSR count). The summed E-state index contributed by atoms with van der Waals surface area (Å²) >= 11 is 5.97. The zero-order valence-electron chi connectivity index (χ0n) is 12.5. The Labute approximate surface area is 130 Å². The molecule has 0 heterocycles. The Morgan fingerprint density at radius 1 is 1.48 bits per heavy atom. The van der Waals surface area contributed by atoms with E-state index in [1.807, 2.05) is 0 Å². The van der Waals surface area contributed by atoms with E-state index in [0.717, 1.165) is 0 Å². The first kappa shape index (κ1) is 17.7. The van der Waals surface area contributed by atoms with Crippen molar-refractivity contribution < 1.29 is 13.2 Å². The Kier molecular flexibility index (Phi) is 5.61. The molecule has 0 radical (unpaired) electrons. The van der Waals surface area contributed by atoms with Crippen molar-refractivity contribution in [1.82, 2.24) is 9.62 Å². The Hall–Kier alpha value is -1.31. The lowest BCUT2D eigenvalue weighted by Gasteiger charge is -2.21. The summed E-state index contributed by atoms with van der Waals surface area (Å²) in [7, 11) is -2.32. The van der Waals surface area contributed by atoms with Crippen molar-refractivity contribution in [2.75, 3.05) is 19.3 Å². The number of nitrogens with zero attached hydrogens (tertiary/aromatic N) is 1. The number of nitrogens with two attached hydrogens (primary N) is 1.